The third kappa shape index (κ3) is 7.80. The van der Waals surface area contributed by atoms with Gasteiger partial charge in [-0.1, -0.05) is 24.3 Å². The number of benzene rings is 4. The SMILES string of the molecule is Cl.NC(N)=Nc1ccc(C(=O)Oc2ccc3cc(C(=O)N(CC(=O)O)Cc4cccc(C(=O)O)c4)ccc3c2)cc1. The van der Waals surface area contributed by atoms with Gasteiger partial charge < -0.3 is 31.3 Å². The van der Waals surface area contributed by atoms with E-state index in [0.29, 0.717) is 27.6 Å². The summed E-state index contributed by atoms with van der Waals surface area (Å²) in [4.78, 5) is 53.6. The Morgan fingerprint density at radius 2 is 1.44 bits per heavy atom. The maximum absolute atomic E-state index is 13.3. The number of hydrogen-bond acceptors (Lipinski definition) is 6. The number of aromatic carboxylic acids is 1. The average Bonchev–Trinajstić information content (AvgIpc) is 2.92. The smallest absolute Gasteiger partial charge is 0.343 e. The zero-order valence-corrected chi connectivity index (χ0v) is 22.2. The quantitative estimate of drug-likeness (QED) is 0.0994. The van der Waals surface area contributed by atoms with Crippen LogP contribution in [0.2, 0.25) is 0 Å². The molecule has 0 saturated carbocycles. The van der Waals surface area contributed by atoms with Gasteiger partial charge in [0.05, 0.1) is 16.8 Å². The molecule has 4 aromatic rings. The number of aliphatic imine (C=N–C) groups is 1. The predicted molar refractivity (Wildman–Crippen MR) is 154 cm³/mol. The number of carbonyl (C=O) groups excluding carboxylic acids is 2. The highest BCUT2D eigenvalue weighted by atomic mass is 35.5. The van der Waals surface area contributed by atoms with Gasteiger partial charge in [-0.3, -0.25) is 9.59 Å². The van der Waals surface area contributed by atoms with Crippen LogP contribution >= 0.6 is 12.4 Å². The van der Waals surface area contributed by atoms with E-state index in [0.717, 1.165) is 4.90 Å². The summed E-state index contributed by atoms with van der Waals surface area (Å²) < 4.78 is 5.48. The second-order valence-electron chi connectivity index (χ2n) is 8.76. The monoisotopic (exact) mass is 576 g/mol. The lowest BCUT2D eigenvalue weighted by molar-refractivity contribution is -0.137. The molecule has 0 aliphatic heterocycles. The standard InChI is InChI=1S/C29H24N4O7.ClH/c30-29(31)32-23-9-6-18(7-10-23)28(39)40-24-11-8-19-13-21(5-4-20(19)14-24)26(36)33(16-25(34)35)15-17-2-1-3-22(12-17)27(37)38;/h1-14H,15-16H2,(H,34,35)(H,37,38)(H4,30,31,32);1H. The number of hydrogen-bond donors (Lipinski definition) is 4. The highest BCUT2D eigenvalue weighted by Gasteiger charge is 2.20. The Morgan fingerprint density at radius 1 is 0.780 bits per heavy atom. The van der Waals surface area contributed by atoms with E-state index >= 15 is 0 Å². The van der Waals surface area contributed by atoms with E-state index in [1.54, 1.807) is 54.6 Å². The summed E-state index contributed by atoms with van der Waals surface area (Å²) in [7, 11) is 0. The van der Waals surface area contributed by atoms with Crippen molar-refractivity contribution in [3.05, 3.63) is 107 Å². The van der Waals surface area contributed by atoms with Crippen LogP contribution in [-0.2, 0) is 11.3 Å². The van der Waals surface area contributed by atoms with Crippen molar-refractivity contribution in [1.82, 2.24) is 4.90 Å². The Labute approximate surface area is 240 Å². The zero-order valence-electron chi connectivity index (χ0n) is 21.4. The number of ether oxygens (including phenoxy) is 1. The third-order valence-corrected chi connectivity index (χ3v) is 5.79. The first kappa shape index (κ1) is 30.1. The summed E-state index contributed by atoms with van der Waals surface area (Å²) in [6.45, 7) is -0.665. The van der Waals surface area contributed by atoms with Gasteiger partial charge in [-0.05, 0) is 77.0 Å². The molecule has 11 nitrogen and oxygen atoms in total. The van der Waals surface area contributed by atoms with Gasteiger partial charge in [-0.25, -0.2) is 14.6 Å². The number of esters is 1. The molecule has 12 heteroatoms. The minimum atomic E-state index is -1.21. The van der Waals surface area contributed by atoms with Crippen molar-refractivity contribution in [3.8, 4) is 5.75 Å². The number of carboxylic acid groups (broad SMARTS) is 2. The van der Waals surface area contributed by atoms with Gasteiger partial charge in [-0.2, -0.15) is 0 Å². The number of carboxylic acids is 2. The van der Waals surface area contributed by atoms with Crippen LogP contribution < -0.4 is 16.2 Å². The van der Waals surface area contributed by atoms with Crippen molar-refractivity contribution in [1.29, 1.82) is 0 Å². The molecule has 210 valence electrons. The van der Waals surface area contributed by atoms with Crippen LogP contribution in [0.3, 0.4) is 0 Å². The van der Waals surface area contributed by atoms with Crippen LogP contribution in [-0.4, -0.2) is 51.4 Å². The highest BCUT2D eigenvalue weighted by molar-refractivity contribution is 6.00. The Morgan fingerprint density at radius 3 is 2.10 bits per heavy atom. The normalized spacial score (nSPS) is 10.2. The minimum Gasteiger partial charge on any atom is -0.480 e. The summed E-state index contributed by atoms with van der Waals surface area (Å²) in [5.41, 5.74) is 12.2. The molecule has 0 aliphatic carbocycles. The van der Waals surface area contributed by atoms with Gasteiger partial charge in [-0.15, -0.1) is 12.4 Å². The maximum Gasteiger partial charge on any atom is 0.343 e. The Kier molecular flexibility index (Phi) is 9.62. The van der Waals surface area contributed by atoms with Crippen LogP contribution in [0.1, 0.15) is 36.6 Å². The van der Waals surface area contributed by atoms with Crippen LogP contribution in [0.5, 0.6) is 5.75 Å². The van der Waals surface area contributed by atoms with E-state index in [1.165, 1.54) is 30.3 Å². The van der Waals surface area contributed by atoms with Crippen LogP contribution in [0.15, 0.2) is 89.9 Å². The predicted octanol–water partition coefficient (Wildman–Crippen LogP) is 3.81. The molecule has 0 bridgehead atoms. The molecule has 1 amide bonds. The number of nitrogens with two attached hydrogens (primary N) is 2. The highest BCUT2D eigenvalue weighted by Crippen LogP contribution is 2.24. The van der Waals surface area contributed by atoms with Gasteiger partial charge in [0.15, 0.2) is 5.96 Å². The summed E-state index contributed by atoms with van der Waals surface area (Å²) in [6.07, 6.45) is 0. The lowest BCUT2D eigenvalue weighted by Crippen LogP contribution is -2.35. The molecule has 0 aromatic heterocycles. The molecule has 0 fully saturated rings. The number of amides is 1. The second kappa shape index (κ2) is 13.1. The first-order valence-corrected chi connectivity index (χ1v) is 11.9. The number of carbonyl (C=O) groups is 4. The first-order chi connectivity index (χ1) is 19.1. The number of aliphatic carboxylic acids is 1. The molecule has 0 aliphatic rings. The number of fused-ring (bicyclic) bond motifs is 1. The Hall–Kier alpha value is -5.42. The van der Waals surface area contributed by atoms with Crippen molar-refractivity contribution >= 4 is 58.6 Å². The molecule has 4 aromatic carbocycles. The van der Waals surface area contributed by atoms with Gasteiger partial charge in [0, 0.05) is 12.1 Å². The fraction of sp³-hybridized carbons (Fsp3) is 0.0690. The molecule has 0 saturated heterocycles. The zero-order chi connectivity index (χ0) is 28.8. The summed E-state index contributed by atoms with van der Waals surface area (Å²) in [5, 5.41) is 19.9. The van der Waals surface area contributed by atoms with Crippen molar-refractivity contribution in [2.45, 2.75) is 6.54 Å². The second-order valence-corrected chi connectivity index (χ2v) is 8.76. The molecule has 0 spiro atoms. The third-order valence-electron chi connectivity index (χ3n) is 5.79. The fourth-order valence-corrected chi connectivity index (χ4v) is 3.98. The first-order valence-electron chi connectivity index (χ1n) is 11.9. The number of guanidine groups is 1. The van der Waals surface area contributed by atoms with E-state index in [-0.39, 0.29) is 41.8 Å². The van der Waals surface area contributed by atoms with Crippen molar-refractivity contribution < 1.29 is 34.1 Å². The minimum absolute atomic E-state index is 0. The molecule has 0 unspecified atom stereocenters. The van der Waals surface area contributed by atoms with Crippen molar-refractivity contribution in [2.24, 2.45) is 16.5 Å². The molecule has 0 heterocycles. The van der Waals surface area contributed by atoms with Gasteiger partial charge in [0.2, 0.25) is 0 Å². The average molecular weight is 577 g/mol. The van der Waals surface area contributed by atoms with E-state index < -0.39 is 30.4 Å². The van der Waals surface area contributed by atoms with E-state index in [2.05, 4.69) is 4.99 Å². The van der Waals surface area contributed by atoms with Gasteiger partial charge in [0.1, 0.15) is 12.3 Å². The van der Waals surface area contributed by atoms with Gasteiger partial charge >= 0.3 is 17.9 Å². The Bertz CT molecular complexity index is 1650. The largest absolute Gasteiger partial charge is 0.480 e. The van der Waals surface area contributed by atoms with Gasteiger partial charge in [0.25, 0.3) is 5.91 Å². The lowest BCUT2D eigenvalue weighted by Gasteiger charge is -2.21. The molecule has 6 N–H and O–H groups in total. The molecule has 41 heavy (non-hydrogen) atoms. The van der Waals surface area contributed by atoms with Crippen molar-refractivity contribution in [3.63, 3.8) is 0 Å². The molecular weight excluding hydrogens is 552 g/mol. The molecule has 4 rings (SSSR count). The Balaban J connectivity index is 0.00000462. The maximum atomic E-state index is 13.3. The van der Waals surface area contributed by atoms with Crippen molar-refractivity contribution in [2.75, 3.05) is 6.54 Å². The number of halogens is 1. The lowest BCUT2D eigenvalue weighted by atomic mass is 10.0. The summed E-state index contributed by atoms with van der Waals surface area (Å²) in [5.74, 6) is -3.27. The van der Waals surface area contributed by atoms with E-state index in [1.807, 2.05) is 0 Å². The fourth-order valence-electron chi connectivity index (χ4n) is 3.98. The molecule has 0 atom stereocenters. The molecular formula is C29H25ClN4O7. The number of rotatable bonds is 9. The van der Waals surface area contributed by atoms with Crippen LogP contribution in [0.25, 0.3) is 10.8 Å². The topological polar surface area (TPSA) is 186 Å². The summed E-state index contributed by atoms with van der Waals surface area (Å²) >= 11 is 0. The van der Waals surface area contributed by atoms with E-state index in [9.17, 15) is 29.4 Å². The number of nitrogens with zero attached hydrogens (tertiary/aromatic N) is 2. The van der Waals surface area contributed by atoms with E-state index in [4.69, 9.17) is 16.2 Å². The molecule has 0 radical (unpaired) electrons. The summed E-state index contributed by atoms with van der Waals surface area (Å²) in [6, 6.07) is 21.9. The van der Waals surface area contributed by atoms with Crippen LogP contribution in [0, 0.1) is 0 Å². The van der Waals surface area contributed by atoms with Crippen LogP contribution in [0.4, 0.5) is 5.69 Å².